The Morgan fingerprint density at radius 3 is 2.70 bits per heavy atom. The highest BCUT2D eigenvalue weighted by Crippen LogP contribution is 2.28. The number of benzene rings is 2. The highest BCUT2D eigenvalue weighted by atomic mass is 32.1. The zero-order valence-electron chi connectivity index (χ0n) is 14.5. The lowest BCUT2D eigenvalue weighted by molar-refractivity contribution is 0.932. The van der Waals surface area contributed by atoms with Crippen LogP contribution in [0.2, 0.25) is 0 Å². The molecular formula is C21H17N5S. The molecule has 0 radical (unpaired) electrons. The van der Waals surface area contributed by atoms with Crippen LogP contribution in [0.5, 0.6) is 0 Å². The van der Waals surface area contributed by atoms with Gasteiger partial charge in [-0.3, -0.25) is 4.98 Å². The first-order valence-corrected chi connectivity index (χ1v) is 9.66. The molecule has 1 N–H and O–H groups in total. The topological polar surface area (TPSA) is 55.1 Å². The van der Waals surface area contributed by atoms with E-state index in [4.69, 9.17) is 5.10 Å². The van der Waals surface area contributed by atoms with Crippen molar-refractivity contribution in [3.05, 3.63) is 78.8 Å². The summed E-state index contributed by atoms with van der Waals surface area (Å²) in [6.07, 6.45) is 4.57. The molecule has 5 rings (SSSR count). The Labute approximate surface area is 160 Å². The number of nitrogens with one attached hydrogen (secondary N) is 1. The summed E-state index contributed by atoms with van der Waals surface area (Å²) in [4.78, 5) is 9.76. The predicted octanol–water partition coefficient (Wildman–Crippen LogP) is 4.66. The number of anilines is 1. The van der Waals surface area contributed by atoms with Gasteiger partial charge in [0.15, 0.2) is 0 Å². The molecule has 5 aromatic rings. The highest BCUT2D eigenvalue weighted by molar-refractivity contribution is 7.20. The molecule has 3 aromatic heterocycles. The number of rotatable bonds is 5. The fraction of sp³-hybridized carbons (Fsp3) is 0.0952. The highest BCUT2D eigenvalue weighted by Gasteiger charge is 2.12. The Hall–Kier alpha value is -3.25. The molecule has 6 heteroatoms. The molecule has 0 aliphatic heterocycles. The van der Waals surface area contributed by atoms with Crippen LogP contribution >= 0.6 is 11.3 Å². The van der Waals surface area contributed by atoms with E-state index in [1.54, 1.807) is 11.3 Å². The van der Waals surface area contributed by atoms with Gasteiger partial charge in [-0.05, 0) is 29.0 Å². The summed E-state index contributed by atoms with van der Waals surface area (Å²) < 4.78 is 1.91. The summed E-state index contributed by atoms with van der Waals surface area (Å²) >= 11 is 1.56. The molecule has 0 aliphatic rings. The molecule has 0 unspecified atom stereocenters. The number of imidazole rings is 1. The van der Waals surface area contributed by atoms with Gasteiger partial charge in [0.05, 0.1) is 11.9 Å². The van der Waals surface area contributed by atoms with Crippen molar-refractivity contribution < 1.29 is 0 Å². The van der Waals surface area contributed by atoms with Gasteiger partial charge in [-0.15, -0.1) is 5.10 Å². The number of hydrogen-bond acceptors (Lipinski definition) is 5. The van der Waals surface area contributed by atoms with E-state index in [2.05, 4.69) is 57.7 Å². The molecule has 0 atom stereocenters. The SMILES string of the molecule is c1ccc(CCNc2nn3c(-c4ccc5ccccc5c4)cnc3s2)nc1. The standard InChI is InChI=1S/C21H17N5S/c1-2-6-16-13-17(9-8-15(16)5-1)19-14-24-21-26(19)25-20(27-21)23-12-10-18-7-3-4-11-22-18/h1-9,11,13-14H,10,12H2,(H,23,25). The van der Waals surface area contributed by atoms with Crippen LogP contribution in [0.15, 0.2) is 73.1 Å². The van der Waals surface area contributed by atoms with Gasteiger partial charge < -0.3 is 5.32 Å². The van der Waals surface area contributed by atoms with Crippen molar-refractivity contribution in [1.82, 2.24) is 19.6 Å². The first-order chi connectivity index (χ1) is 13.4. The average molecular weight is 371 g/mol. The third-order valence-electron chi connectivity index (χ3n) is 4.51. The van der Waals surface area contributed by atoms with E-state index in [0.29, 0.717) is 0 Å². The Morgan fingerprint density at radius 1 is 0.926 bits per heavy atom. The second-order valence-corrected chi connectivity index (χ2v) is 7.26. The molecule has 0 saturated carbocycles. The minimum Gasteiger partial charge on any atom is -0.360 e. The lowest BCUT2D eigenvalue weighted by Crippen LogP contribution is -2.06. The molecule has 0 aliphatic carbocycles. The van der Waals surface area contributed by atoms with E-state index in [1.165, 1.54) is 10.8 Å². The molecule has 0 bridgehead atoms. The maximum absolute atomic E-state index is 4.70. The van der Waals surface area contributed by atoms with Crippen molar-refractivity contribution in [3.63, 3.8) is 0 Å². The van der Waals surface area contributed by atoms with Gasteiger partial charge >= 0.3 is 0 Å². The van der Waals surface area contributed by atoms with Crippen molar-refractivity contribution in [3.8, 4) is 11.3 Å². The molecule has 132 valence electrons. The third kappa shape index (κ3) is 3.15. The summed E-state index contributed by atoms with van der Waals surface area (Å²) in [5.41, 5.74) is 3.19. The number of pyridine rings is 1. The summed E-state index contributed by atoms with van der Waals surface area (Å²) in [7, 11) is 0. The summed E-state index contributed by atoms with van der Waals surface area (Å²) in [5.74, 6) is 0. The van der Waals surface area contributed by atoms with Gasteiger partial charge in [0.2, 0.25) is 10.1 Å². The second-order valence-electron chi connectivity index (χ2n) is 6.30. The van der Waals surface area contributed by atoms with E-state index in [-0.39, 0.29) is 0 Å². The zero-order chi connectivity index (χ0) is 18.1. The second kappa shape index (κ2) is 6.81. The van der Waals surface area contributed by atoms with Crippen molar-refractivity contribution in [2.75, 3.05) is 11.9 Å². The zero-order valence-corrected chi connectivity index (χ0v) is 15.4. The third-order valence-corrected chi connectivity index (χ3v) is 5.39. The van der Waals surface area contributed by atoms with E-state index in [0.717, 1.165) is 40.0 Å². The summed E-state index contributed by atoms with van der Waals surface area (Å²) in [5, 5.41) is 11.4. The molecular weight excluding hydrogens is 354 g/mol. The van der Waals surface area contributed by atoms with Crippen molar-refractivity contribution in [2.45, 2.75) is 6.42 Å². The number of aromatic nitrogens is 4. The molecule has 0 fully saturated rings. The van der Waals surface area contributed by atoms with Crippen LogP contribution in [-0.4, -0.2) is 26.1 Å². The van der Waals surface area contributed by atoms with Gasteiger partial charge in [-0.25, -0.2) is 9.50 Å². The molecule has 0 saturated heterocycles. The normalized spacial score (nSPS) is 11.3. The smallest absolute Gasteiger partial charge is 0.214 e. The van der Waals surface area contributed by atoms with E-state index < -0.39 is 0 Å². The van der Waals surface area contributed by atoms with Crippen LogP contribution in [0, 0.1) is 0 Å². The minimum absolute atomic E-state index is 0.791. The van der Waals surface area contributed by atoms with Gasteiger partial charge in [-0.2, -0.15) is 0 Å². The van der Waals surface area contributed by atoms with Crippen molar-refractivity contribution >= 4 is 32.2 Å². The minimum atomic E-state index is 0.791. The van der Waals surface area contributed by atoms with Crippen LogP contribution in [-0.2, 0) is 6.42 Å². The average Bonchev–Trinajstić information content (AvgIpc) is 3.29. The fourth-order valence-electron chi connectivity index (χ4n) is 3.15. The summed E-state index contributed by atoms with van der Waals surface area (Å²) in [6, 6.07) is 20.8. The first kappa shape index (κ1) is 16.0. The van der Waals surface area contributed by atoms with Crippen LogP contribution in [0.3, 0.4) is 0 Å². The maximum atomic E-state index is 4.70. The number of fused-ring (bicyclic) bond motifs is 2. The van der Waals surface area contributed by atoms with Crippen LogP contribution in [0.25, 0.3) is 27.0 Å². The molecule has 27 heavy (non-hydrogen) atoms. The maximum Gasteiger partial charge on any atom is 0.214 e. The Bertz CT molecular complexity index is 1210. The monoisotopic (exact) mass is 371 g/mol. The molecule has 5 nitrogen and oxygen atoms in total. The first-order valence-electron chi connectivity index (χ1n) is 8.84. The number of nitrogens with zero attached hydrogens (tertiary/aromatic N) is 4. The van der Waals surface area contributed by atoms with E-state index >= 15 is 0 Å². The van der Waals surface area contributed by atoms with Gasteiger partial charge in [-0.1, -0.05) is 53.8 Å². The number of hydrogen-bond donors (Lipinski definition) is 1. The Kier molecular flexibility index (Phi) is 4.03. The molecule has 0 amide bonds. The van der Waals surface area contributed by atoms with E-state index in [9.17, 15) is 0 Å². The van der Waals surface area contributed by atoms with Gasteiger partial charge in [0.1, 0.15) is 0 Å². The van der Waals surface area contributed by atoms with Crippen LogP contribution in [0.4, 0.5) is 5.13 Å². The summed E-state index contributed by atoms with van der Waals surface area (Å²) in [6.45, 7) is 0.791. The Morgan fingerprint density at radius 2 is 1.81 bits per heavy atom. The lowest BCUT2D eigenvalue weighted by atomic mass is 10.1. The van der Waals surface area contributed by atoms with Gasteiger partial charge in [0.25, 0.3) is 0 Å². The predicted molar refractivity (Wildman–Crippen MR) is 110 cm³/mol. The molecule has 0 spiro atoms. The Balaban J connectivity index is 1.39. The molecule has 2 aromatic carbocycles. The quantitative estimate of drug-likeness (QED) is 0.488. The van der Waals surface area contributed by atoms with Crippen molar-refractivity contribution in [2.24, 2.45) is 0 Å². The van der Waals surface area contributed by atoms with Gasteiger partial charge in [0, 0.05) is 30.4 Å². The fourth-order valence-corrected chi connectivity index (χ4v) is 3.95. The largest absolute Gasteiger partial charge is 0.360 e. The lowest BCUT2D eigenvalue weighted by Gasteiger charge is -2.03. The van der Waals surface area contributed by atoms with Crippen LogP contribution in [0.1, 0.15) is 5.69 Å². The molecule has 3 heterocycles. The van der Waals surface area contributed by atoms with E-state index in [1.807, 2.05) is 35.1 Å². The van der Waals surface area contributed by atoms with Crippen LogP contribution < -0.4 is 5.32 Å². The van der Waals surface area contributed by atoms with Crippen molar-refractivity contribution in [1.29, 1.82) is 0 Å².